The lowest BCUT2D eigenvalue weighted by Crippen LogP contribution is -2.43. The Morgan fingerprint density at radius 2 is 1.92 bits per heavy atom. The normalized spacial score (nSPS) is 18.8. The summed E-state index contributed by atoms with van der Waals surface area (Å²) in [4.78, 5) is 12.3. The van der Waals surface area contributed by atoms with Gasteiger partial charge in [-0.25, -0.2) is 0 Å². The molecule has 2 aliphatic heterocycles. The quantitative estimate of drug-likeness (QED) is 0.780. The second kappa shape index (κ2) is 6.08. The molecule has 2 heterocycles. The Bertz CT molecular complexity index is 826. The van der Waals surface area contributed by atoms with Gasteiger partial charge in [-0.15, -0.1) is 0 Å². The maximum absolute atomic E-state index is 12.3. The molecule has 2 aromatic carbocycles. The number of hydrogen-bond acceptors (Lipinski definition) is 4. The number of aryl methyl sites for hydroxylation is 1. The second-order valence-corrected chi connectivity index (χ2v) is 6.91. The van der Waals surface area contributed by atoms with Crippen molar-refractivity contribution in [2.75, 3.05) is 24.3 Å². The second-order valence-electron chi connectivity index (χ2n) is 6.91. The smallest absolute Gasteiger partial charge is 0.228 e. The third kappa shape index (κ3) is 3.07. The van der Waals surface area contributed by atoms with Crippen LogP contribution < -0.4 is 15.8 Å². The van der Waals surface area contributed by atoms with Gasteiger partial charge in [0.2, 0.25) is 5.91 Å². The fraction of sp³-hybridized carbons (Fsp3) is 0.350. The van der Waals surface area contributed by atoms with E-state index in [1.165, 1.54) is 0 Å². The molecule has 0 unspecified atom stereocenters. The van der Waals surface area contributed by atoms with Crippen LogP contribution in [0.15, 0.2) is 36.4 Å². The standard InChI is InChI=1S/C20H22N2O3/c1-13-2-4-15(21)11-16(13)14-3-5-17-18(10-14)25-20(12-19(23)22-17)6-8-24-9-7-20/h2-5,10-11H,6-9,12,21H2,1H3,(H,22,23). The van der Waals surface area contributed by atoms with Crippen LogP contribution in [0.2, 0.25) is 0 Å². The Morgan fingerprint density at radius 1 is 1.12 bits per heavy atom. The fourth-order valence-corrected chi connectivity index (χ4v) is 3.61. The first-order chi connectivity index (χ1) is 12.0. The molecule has 0 radical (unpaired) electrons. The zero-order chi connectivity index (χ0) is 17.4. The molecule has 0 aromatic heterocycles. The average Bonchev–Trinajstić information content (AvgIpc) is 2.72. The summed E-state index contributed by atoms with van der Waals surface area (Å²) in [5, 5.41) is 2.97. The van der Waals surface area contributed by atoms with Crippen LogP contribution in [-0.4, -0.2) is 24.7 Å². The van der Waals surface area contributed by atoms with Crippen molar-refractivity contribution >= 4 is 17.3 Å². The molecule has 5 nitrogen and oxygen atoms in total. The molecule has 25 heavy (non-hydrogen) atoms. The van der Waals surface area contributed by atoms with E-state index in [0.29, 0.717) is 25.4 Å². The van der Waals surface area contributed by atoms with Crippen LogP contribution in [0.3, 0.4) is 0 Å². The maximum Gasteiger partial charge on any atom is 0.228 e. The number of carbonyl (C=O) groups excluding carboxylic acids is 1. The van der Waals surface area contributed by atoms with Gasteiger partial charge < -0.3 is 20.5 Å². The van der Waals surface area contributed by atoms with Crippen LogP contribution in [0, 0.1) is 6.92 Å². The number of carbonyl (C=O) groups is 1. The minimum Gasteiger partial charge on any atom is -0.484 e. The summed E-state index contributed by atoms with van der Waals surface area (Å²) >= 11 is 0. The van der Waals surface area contributed by atoms with Crippen molar-refractivity contribution in [1.82, 2.24) is 0 Å². The lowest BCUT2D eigenvalue weighted by Gasteiger charge is -2.35. The molecule has 0 bridgehead atoms. The highest BCUT2D eigenvalue weighted by Gasteiger charge is 2.39. The van der Waals surface area contributed by atoms with Crippen molar-refractivity contribution in [1.29, 1.82) is 0 Å². The molecule has 1 spiro atoms. The van der Waals surface area contributed by atoms with Gasteiger partial charge in [-0.1, -0.05) is 12.1 Å². The minimum absolute atomic E-state index is 0.00599. The Kier molecular flexibility index (Phi) is 3.88. The van der Waals surface area contributed by atoms with Crippen LogP contribution >= 0.6 is 0 Å². The van der Waals surface area contributed by atoms with Gasteiger partial charge in [-0.2, -0.15) is 0 Å². The number of nitrogens with two attached hydrogens (primary N) is 1. The van der Waals surface area contributed by atoms with Gasteiger partial charge >= 0.3 is 0 Å². The third-order valence-corrected chi connectivity index (χ3v) is 5.04. The summed E-state index contributed by atoms with van der Waals surface area (Å²) in [6.07, 6.45) is 1.81. The van der Waals surface area contributed by atoms with Crippen molar-refractivity contribution in [3.63, 3.8) is 0 Å². The third-order valence-electron chi connectivity index (χ3n) is 5.04. The Morgan fingerprint density at radius 3 is 2.72 bits per heavy atom. The number of benzene rings is 2. The lowest BCUT2D eigenvalue weighted by atomic mass is 9.90. The SMILES string of the molecule is Cc1ccc(N)cc1-c1ccc2c(c1)OC1(CCOCC1)CC(=O)N2. The molecule has 1 fully saturated rings. The topological polar surface area (TPSA) is 73.6 Å². The van der Waals surface area contributed by atoms with Crippen LogP contribution in [-0.2, 0) is 9.53 Å². The van der Waals surface area contributed by atoms with E-state index < -0.39 is 5.60 Å². The molecule has 3 N–H and O–H groups in total. The zero-order valence-electron chi connectivity index (χ0n) is 14.3. The molecule has 1 amide bonds. The summed E-state index contributed by atoms with van der Waals surface area (Å²) in [6.45, 7) is 3.30. The number of hydrogen-bond donors (Lipinski definition) is 2. The van der Waals surface area contributed by atoms with Gasteiger partial charge in [-0.05, 0) is 47.9 Å². The lowest BCUT2D eigenvalue weighted by molar-refractivity contribution is -0.122. The predicted molar refractivity (Wildman–Crippen MR) is 97.7 cm³/mol. The number of nitrogens with one attached hydrogen (secondary N) is 1. The molecule has 4 rings (SSSR count). The largest absolute Gasteiger partial charge is 0.484 e. The number of amides is 1. The Hall–Kier alpha value is -2.53. The van der Waals surface area contributed by atoms with Gasteiger partial charge in [0.05, 0.1) is 25.3 Å². The molecule has 0 aliphatic carbocycles. The number of fused-ring (bicyclic) bond motifs is 1. The van der Waals surface area contributed by atoms with E-state index in [1.54, 1.807) is 0 Å². The highest BCUT2D eigenvalue weighted by Crippen LogP contribution is 2.40. The number of anilines is 2. The molecular weight excluding hydrogens is 316 g/mol. The summed E-state index contributed by atoms with van der Waals surface area (Å²) in [7, 11) is 0. The van der Waals surface area contributed by atoms with Gasteiger partial charge in [-0.3, -0.25) is 4.79 Å². The van der Waals surface area contributed by atoms with Gasteiger partial charge in [0.1, 0.15) is 11.4 Å². The molecule has 0 saturated carbocycles. The summed E-state index contributed by atoms with van der Waals surface area (Å²) in [5.41, 5.74) is 10.2. The van der Waals surface area contributed by atoms with Crippen molar-refractivity contribution < 1.29 is 14.3 Å². The van der Waals surface area contributed by atoms with Gasteiger partial charge in [0.15, 0.2) is 0 Å². The number of nitrogen functional groups attached to an aromatic ring is 1. The monoisotopic (exact) mass is 338 g/mol. The van der Waals surface area contributed by atoms with Crippen molar-refractivity contribution in [3.05, 3.63) is 42.0 Å². The highest BCUT2D eigenvalue weighted by molar-refractivity contribution is 5.94. The van der Waals surface area contributed by atoms with E-state index in [0.717, 1.165) is 40.9 Å². The van der Waals surface area contributed by atoms with Crippen molar-refractivity contribution in [2.24, 2.45) is 0 Å². The van der Waals surface area contributed by atoms with E-state index in [2.05, 4.69) is 12.2 Å². The molecule has 1 saturated heterocycles. The summed E-state index contributed by atoms with van der Waals surface area (Å²) < 4.78 is 11.9. The Labute approximate surface area is 147 Å². The van der Waals surface area contributed by atoms with Crippen molar-refractivity contribution in [3.8, 4) is 16.9 Å². The molecule has 2 aliphatic rings. The first-order valence-electron chi connectivity index (χ1n) is 8.62. The van der Waals surface area contributed by atoms with Crippen LogP contribution in [0.5, 0.6) is 5.75 Å². The molecule has 2 aromatic rings. The zero-order valence-corrected chi connectivity index (χ0v) is 14.3. The molecule has 130 valence electrons. The minimum atomic E-state index is -0.475. The van der Waals surface area contributed by atoms with E-state index >= 15 is 0 Å². The number of rotatable bonds is 1. The van der Waals surface area contributed by atoms with Crippen molar-refractivity contribution in [2.45, 2.75) is 31.8 Å². The van der Waals surface area contributed by atoms with E-state index in [1.807, 2.05) is 36.4 Å². The number of ether oxygens (including phenoxy) is 2. The molecule has 0 atom stereocenters. The first-order valence-corrected chi connectivity index (χ1v) is 8.62. The fourth-order valence-electron chi connectivity index (χ4n) is 3.61. The first kappa shape index (κ1) is 16.0. The highest BCUT2D eigenvalue weighted by atomic mass is 16.5. The van der Waals surface area contributed by atoms with E-state index in [4.69, 9.17) is 15.2 Å². The molecule has 5 heteroatoms. The van der Waals surface area contributed by atoms with Crippen LogP contribution in [0.25, 0.3) is 11.1 Å². The summed E-state index contributed by atoms with van der Waals surface area (Å²) in [6, 6.07) is 11.8. The van der Waals surface area contributed by atoms with Crippen LogP contribution in [0.4, 0.5) is 11.4 Å². The van der Waals surface area contributed by atoms with Gasteiger partial charge in [0, 0.05) is 18.5 Å². The average molecular weight is 338 g/mol. The maximum atomic E-state index is 12.3. The predicted octanol–water partition coefficient (Wildman–Crippen LogP) is 3.51. The molecular formula is C20H22N2O3. The van der Waals surface area contributed by atoms with Gasteiger partial charge in [0.25, 0.3) is 0 Å². The summed E-state index contributed by atoms with van der Waals surface area (Å²) in [5.74, 6) is 0.709. The van der Waals surface area contributed by atoms with E-state index in [-0.39, 0.29) is 5.91 Å². The van der Waals surface area contributed by atoms with Crippen LogP contribution in [0.1, 0.15) is 24.8 Å². The Balaban J connectivity index is 1.76. The van der Waals surface area contributed by atoms with E-state index in [9.17, 15) is 4.79 Å².